The third kappa shape index (κ3) is 2.34. The summed E-state index contributed by atoms with van der Waals surface area (Å²) in [5, 5.41) is 12.6. The molecule has 1 saturated heterocycles. The molecular weight excluding hydrogens is 186 g/mol. The molecule has 2 rings (SSSR count). The summed E-state index contributed by atoms with van der Waals surface area (Å²) in [6.45, 7) is 2.05. The lowest BCUT2D eigenvalue weighted by molar-refractivity contribution is 0.354. The van der Waals surface area contributed by atoms with Gasteiger partial charge in [0.15, 0.2) is 0 Å². The molecular formula is C12H15N3. The highest BCUT2D eigenvalue weighted by molar-refractivity contribution is 5.23. The molecule has 0 bridgehead atoms. The molecule has 1 aliphatic rings. The van der Waals surface area contributed by atoms with E-state index in [0.29, 0.717) is 5.92 Å². The molecule has 0 aromatic carbocycles. The minimum atomic E-state index is 0.0146. The van der Waals surface area contributed by atoms with Gasteiger partial charge < -0.3 is 5.32 Å². The lowest BCUT2D eigenvalue weighted by atomic mass is 9.83. The average Bonchev–Trinajstić information content (AvgIpc) is 2.33. The maximum absolute atomic E-state index is 9.23. The highest BCUT2D eigenvalue weighted by Crippen LogP contribution is 2.28. The van der Waals surface area contributed by atoms with Crippen molar-refractivity contribution in [2.75, 3.05) is 13.1 Å². The molecule has 15 heavy (non-hydrogen) atoms. The molecule has 2 heterocycles. The summed E-state index contributed by atoms with van der Waals surface area (Å²) in [4.78, 5) is 3.98. The van der Waals surface area contributed by atoms with Gasteiger partial charge in [-0.15, -0.1) is 0 Å². The Morgan fingerprint density at radius 2 is 2.27 bits per heavy atom. The molecule has 0 aliphatic carbocycles. The standard InChI is InChI=1S/C12H15N3/c13-8-12(10-3-6-14-7-4-10)11-2-1-5-15-9-11/h3-4,6-7,11-12,15H,1-2,5,9H2. The molecule has 1 aromatic heterocycles. The molecule has 1 aliphatic heterocycles. The molecule has 2 unspecified atom stereocenters. The Morgan fingerprint density at radius 3 is 2.87 bits per heavy atom. The Labute approximate surface area is 90.1 Å². The van der Waals surface area contributed by atoms with Crippen molar-refractivity contribution in [3.63, 3.8) is 0 Å². The van der Waals surface area contributed by atoms with Crippen molar-refractivity contribution in [3.05, 3.63) is 30.1 Å². The molecule has 1 fully saturated rings. The van der Waals surface area contributed by atoms with Gasteiger partial charge in [0.05, 0.1) is 12.0 Å². The zero-order chi connectivity index (χ0) is 10.5. The fraction of sp³-hybridized carbons (Fsp3) is 0.500. The Balaban J connectivity index is 2.14. The van der Waals surface area contributed by atoms with Crippen LogP contribution in [-0.4, -0.2) is 18.1 Å². The van der Waals surface area contributed by atoms with Crippen LogP contribution in [0.5, 0.6) is 0 Å². The average molecular weight is 201 g/mol. The van der Waals surface area contributed by atoms with Crippen molar-refractivity contribution in [1.29, 1.82) is 5.26 Å². The summed E-state index contributed by atoms with van der Waals surface area (Å²) in [7, 11) is 0. The molecule has 1 N–H and O–H groups in total. The van der Waals surface area contributed by atoms with E-state index >= 15 is 0 Å². The van der Waals surface area contributed by atoms with Gasteiger partial charge in [-0.1, -0.05) is 0 Å². The fourth-order valence-corrected chi connectivity index (χ4v) is 2.19. The van der Waals surface area contributed by atoms with Crippen LogP contribution in [0.15, 0.2) is 24.5 Å². The number of aromatic nitrogens is 1. The largest absolute Gasteiger partial charge is 0.316 e. The van der Waals surface area contributed by atoms with Crippen molar-refractivity contribution in [1.82, 2.24) is 10.3 Å². The fourth-order valence-electron chi connectivity index (χ4n) is 2.19. The zero-order valence-electron chi connectivity index (χ0n) is 8.69. The first-order valence-electron chi connectivity index (χ1n) is 5.42. The van der Waals surface area contributed by atoms with Crippen LogP contribution < -0.4 is 5.32 Å². The summed E-state index contributed by atoms with van der Waals surface area (Å²) in [6.07, 6.45) is 5.84. The van der Waals surface area contributed by atoms with Gasteiger partial charge in [0, 0.05) is 12.4 Å². The molecule has 78 valence electrons. The Kier molecular flexibility index (Phi) is 3.31. The minimum Gasteiger partial charge on any atom is -0.316 e. The lowest BCUT2D eigenvalue weighted by Gasteiger charge is -2.26. The number of nitrogens with one attached hydrogen (secondary N) is 1. The summed E-state index contributed by atoms with van der Waals surface area (Å²) in [5.41, 5.74) is 1.10. The van der Waals surface area contributed by atoms with Gasteiger partial charge in [0.25, 0.3) is 0 Å². The van der Waals surface area contributed by atoms with Crippen molar-refractivity contribution in [2.45, 2.75) is 18.8 Å². The monoisotopic (exact) mass is 201 g/mol. The van der Waals surface area contributed by atoms with Crippen molar-refractivity contribution >= 4 is 0 Å². The molecule has 1 aromatic rings. The molecule has 0 amide bonds. The number of hydrogen-bond acceptors (Lipinski definition) is 3. The van der Waals surface area contributed by atoms with E-state index in [0.717, 1.165) is 25.1 Å². The molecule has 0 spiro atoms. The van der Waals surface area contributed by atoms with Crippen molar-refractivity contribution in [2.24, 2.45) is 5.92 Å². The predicted octanol–water partition coefficient (Wildman–Crippen LogP) is 1.69. The van der Waals surface area contributed by atoms with E-state index in [4.69, 9.17) is 0 Å². The predicted molar refractivity (Wildman–Crippen MR) is 58.2 cm³/mol. The van der Waals surface area contributed by atoms with Gasteiger partial charge in [-0.05, 0) is 49.5 Å². The first kappa shape index (κ1) is 10.1. The van der Waals surface area contributed by atoms with E-state index in [2.05, 4.69) is 16.4 Å². The second-order valence-electron chi connectivity index (χ2n) is 3.99. The Bertz CT molecular complexity index is 336. The van der Waals surface area contributed by atoms with E-state index in [-0.39, 0.29) is 5.92 Å². The van der Waals surface area contributed by atoms with Gasteiger partial charge in [-0.2, -0.15) is 5.26 Å². The quantitative estimate of drug-likeness (QED) is 0.792. The van der Waals surface area contributed by atoms with Crippen LogP contribution in [0.4, 0.5) is 0 Å². The van der Waals surface area contributed by atoms with Gasteiger partial charge in [0.1, 0.15) is 0 Å². The third-order valence-electron chi connectivity index (χ3n) is 3.01. The third-order valence-corrected chi connectivity index (χ3v) is 3.01. The van der Waals surface area contributed by atoms with Crippen molar-refractivity contribution in [3.8, 4) is 6.07 Å². The van der Waals surface area contributed by atoms with Crippen LogP contribution in [-0.2, 0) is 0 Å². The highest BCUT2D eigenvalue weighted by atomic mass is 14.9. The summed E-state index contributed by atoms with van der Waals surface area (Å²) in [6, 6.07) is 6.31. The second kappa shape index (κ2) is 4.90. The van der Waals surface area contributed by atoms with E-state index < -0.39 is 0 Å². The van der Waals surface area contributed by atoms with Gasteiger partial charge in [-0.3, -0.25) is 4.98 Å². The summed E-state index contributed by atoms with van der Waals surface area (Å²) >= 11 is 0. The number of nitriles is 1. The van der Waals surface area contributed by atoms with Crippen LogP contribution in [0.3, 0.4) is 0 Å². The first-order valence-corrected chi connectivity index (χ1v) is 5.42. The first-order chi connectivity index (χ1) is 7.42. The zero-order valence-corrected chi connectivity index (χ0v) is 8.69. The summed E-state index contributed by atoms with van der Waals surface area (Å²) in [5.74, 6) is 0.465. The maximum atomic E-state index is 9.23. The SMILES string of the molecule is N#CC(c1ccncc1)C1CCCNC1. The molecule has 2 atom stereocenters. The van der Waals surface area contributed by atoms with Crippen LogP contribution in [0.1, 0.15) is 24.3 Å². The topological polar surface area (TPSA) is 48.7 Å². The number of pyridine rings is 1. The van der Waals surface area contributed by atoms with Crippen LogP contribution in [0.2, 0.25) is 0 Å². The van der Waals surface area contributed by atoms with Crippen molar-refractivity contribution < 1.29 is 0 Å². The number of hydrogen-bond donors (Lipinski definition) is 1. The lowest BCUT2D eigenvalue weighted by Crippen LogP contribution is -2.32. The summed E-state index contributed by atoms with van der Waals surface area (Å²) < 4.78 is 0. The van der Waals surface area contributed by atoms with E-state index in [1.165, 1.54) is 6.42 Å². The number of rotatable bonds is 2. The Morgan fingerprint density at radius 1 is 1.47 bits per heavy atom. The molecule has 0 radical (unpaired) electrons. The van der Waals surface area contributed by atoms with Gasteiger partial charge in [0.2, 0.25) is 0 Å². The van der Waals surface area contributed by atoms with Crippen LogP contribution in [0, 0.1) is 17.2 Å². The van der Waals surface area contributed by atoms with Gasteiger partial charge in [-0.25, -0.2) is 0 Å². The van der Waals surface area contributed by atoms with E-state index in [1.807, 2.05) is 12.1 Å². The highest BCUT2D eigenvalue weighted by Gasteiger charge is 2.24. The minimum absolute atomic E-state index is 0.0146. The number of piperidine rings is 1. The van der Waals surface area contributed by atoms with Crippen LogP contribution >= 0.6 is 0 Å². The van der Waals surface area contributed by atoms with E-state index in [9.17, 15) is 5.26 Å². The maximum Gasteiger partial charge on any atom is 0.0754 e. The molecule has 3 nitrogen and oxygen atoms in total. The Hall–Kier alpha value is -1.40. The normalized spacial score (nSPS) is 23.0. The van der Waals surface area contributed by atoms with Gasteiger partial charge >= 0.3 is 0 Å². The molecule has 0 saturated carbocycles. The smallest absolute Gasteiger partial charge is 0.0754 e. The van der Waals surface area contributed by atoms with Crippen LogP contribution in [0.25, 0.3) is 0 Å². The molecule has 3 heteroatoms. The van der Waals surface area contributed by atoms with E-state index in [1.54, 1.807) is 12.4 Å². The number of nitrogens with zero attached hydrogens (tertiary/aromatic N) is 2. The second-order valence-corrected chi connectivity index (χ2v) is 3.99.